The summed E-state index contributed by atoms with van der Waals surface area (Å²) >= 11 is 0. The molecule has 0 unspecified atom stereocenters. The van der Waals surface area contributed by atoms with Gasteiger partial charge in [0.1, 0.15) is 0 Å². The van der Waals surface area contributed by atoms with Gasteiger partial charge in [-0.2, -0.15) is 9.97 Å². The van der Waals surface area contributed by atoms with Crippen molar-refractivity contribution in [2.75, 3.05) is 54.9 Å². The Morgan fingerprint density at radius 3 is 2.38 bits per heavy atom. The normalized spacial score (nSPS) is 19.0. The second-order valence-electron chi connectivity index (χ2n) is 5.13. The van der Waals surface area contributed by atoms with E-state index in [2.05, 4.69) is 9.97 Å². The first-order chi connectivity index (χ1) is 10.2. The summed E-state index contributed by atoms with van der Waals surface area (Å²) in [6.07, 6.45) is 2.02. The van der Waals surface area contributed by atoms with Gasteiger partial charge in [0, 0.05) is 26.2 Å². The number of morpholine rings is 1. The molecule has 1 aromatic rings. The molecule has 0 atom stereocenters. The van der Waals surface area contributed by atoms with Gasteiger partial charge in [-0.1, -0.05) is 0 Å². The van der Waals surface area contributed by atoms with Crippen molar-refractivity contribution < 1.29 is 9.66 Å². The first-order valence-electron chi connectivity index (χ1n) is 7.06. The van der Waals surface area contributed by atoms with Gasteiger partial charge in [-0.15, -0.1) is 0 Å². The Morgan fingerprint density at radius 2 is 1.76 bits per heavy atom. The Labute approximate surface area is 121 Å². The number of rotatable bonds is 3. The van der Waals surface area contributed by atoms with Crippen molar-refractivity contribution in [3.63, 3.8) is 0 Å². The first kappa shape index (κ1) is 13.8. The van der Waals surface area contributed by atoms with Crippen LogP contribution in [0.4, 0.5) is 23.3 Å². The van der Waals surface area contributed by atoms with Crippen molar-refractivity contribution in [3.05, 3.63) is 10.1 Å². The van der Waals surface area contributed by atoms with Gasteiger partial charge in [0.2, 0.25) is 17.6 Å². The Hall–Kier alpha value is -2.16. The third-order valence-corrected chi connectivity index (χ3v) is 3.76. The summed E-state index contributed by atoms with van der Waals surface area (Å²) in [5.41, 5.74) is 5.63. The molecular formula is C12H18N6O3. The minimum atomic E-state index is -0.494. The van der Waals surface area contributed by atoms with E-state index < -0.39 is 4.92 Å². The molecule has 2 N–H and O–H groups in total. The molecule has 0 aromatic carbocycles. The molecular weight excluding hydrogens is 276 g/mol. The number of hydrogen-bond donors (Lipinski definition) is 1. The molecule has 0 amide bonds. The highest BCUT2D eigenvalue weighted by Crippen LogP contribution is 2.34. The van der Waals surface area contributed by atoms with Crippen molar-refractivity contribution in [2.45, 2.75) is 12.8 Å². The van der Waals surface area contributed by atoms with E-state index in [0.29, 0.717) is 38.1 Å². The Balaban J connectivity index is 2.01. The second kappa shape index (κ2) is 5.68. The molecule has 2 aliphatic rings. The number of hydrogen-bond acceptors (Lipinski definition) is 8. The van der Waals surface area contributed by atoms with Crippen molar-refractivity contribution in [3.8, 4) is 0 Å². The maximum absolute atomic E-state index is 11.3. The maximum atomic E-state index is 11.3. The highest BCUT2D eigenvalue weighted by molar-refractivity contribution is 5.71. The summed E-state index contributed by atoms with van der Waals surface area (Å²) in [7, 11) is 0. The number of nitrogens with zero attached hydrogens (tertiary/aromatic N) is 5. The van der Waals surface area contributed by atoms with Crippen LogP contribution in [0.3, 0.4) is 0 Å². The third kappa shape index (κ3) is 2.68. The molecule has 9 heteroatoms. The summed E-state index contributed by atoms with van der Waals surface area (Å²) in [5.74, 6) is 0.716. The Morgan fingerprint density at radius 1 is 1.10 bits per heavy atom. The van der Waals surface area contributed by atoms with Crippen molar-refractivity contribution >= 4 is 23.3 Å². The predicted octanol–water partition coefficient (Wildman–Crippen LogP) is 0.404. The zero-order valence-electron chi connectivity index (χ0n) is 11.7. The lowest BCUT2D eigenvalue weighted by Gasteiger charge is -2.28. The van der Waals surface area contributed by atoms with E-state index in [0.717, 1.165) is 25.9 Å². The molecule has 3 heterocycles. The Bertz CT molecular complexity index is 540. The first-order valence-corrected chi connectivity index (χ1v) is 7.06. The van der Waals surface area contributed by atoms with Gasteiger partial charge in [-0.05, 0) is 12.8 Å². The van der Waals surface area contributed by atoms with E-state index in [1.807, 2.05) is 9.80 Å². The van der Waals surface area contributed by atoms with E-state index in [9.17, 15) is 10.1 Å². The number of nitrogen functional groups attached to an aromatic ring is 1. The molecule has 0 aliphatic carbocycles. The van der Waals surface area contributed by atoms with Gasteiger partial charge in [-0.25, -0.2) is 0 Å². The summed E-state index contributed by atoms with van der Waals surface area (Å²) in [5, 5.41) is 11.3. The highest BCUT2D eigenvalue weighted by Gasteiger charge is 2.30. The lowest BCUT2D eigenvalue weighted by atomic mass is 10.4. The lowest BCUT2D eigenvalue weighted by Crippen LogP contribution is -2.38. The second-order valence-corrected chi connectivity index (χ2v) is 5.13. The van der Waals surface area contributed by atoms with E-state index in [1.54, 1.807) is 0 Å². The summed E-state index contributed by atoms with van der Waals surface area (Å²) in [4.78, 5) is 23.2. The fraction of sp³-hybridized carbons (Fsp3) is 0.667. The van der Waals surface area contributed by atoms with Crippen molar-refractivity contribution in [1.82, 2.24) is 9.97 Å². The van der Waals surface area contributed by atoms with Gasteiger partial charge in [0.25, 0.3) is 0 Å². The van der Waals surface area contributed by atoms with Crippen molar-refractivity contribution in [2.24, 2.45) is 0 Å². The quantitative estimate of drug-likeness (QED) is 0.630. The molecule has 2 aliphatic heterocycles. The zero-order chi connectivity index (χ0) is 14.8. The largest absolute Gasteiger partial charge is 0.378 e. The van der Waals surface area contributed by atoms with Gasteiger partial charge in [0.15, 0.2) is 0 Å². The molecule has 1 aromatic heterocycles. The fourth-order valence-electron chi connectivity index (χ4n) is 2.68. The minimum absolute atomic E-state index is 0.0709. The third-order valence-electron chi connectivity index (χ3n) is 3.76. The van der Waals surface area contributed by atoms with Crippen LogP contribution >= 0.6 is 0 Å². The Kier molecular flexibility index (Phi) is 3.74. The monoisotopic (exact) mass is 294 g/mol. The topological polar surface area (TPSA) is 111 Å². The molecule has 2 saturated heterocycles. The van der Waals surface area contributed by atoms with Crippen LogP contribution < -0.4 is 15.5 Å². The average molecular weight is 294 g/mol. The molecule has 21 heavy (non-hydrogen) atoms. The van der Waals surface area contributed by atoms with E-state index in [4.69, 9.17) is 10.5 Å². The van der Waals surface area contributed by atoms with Crippen LogP contribution in [0.1, 0.15) is 12.8 Å². The number of ether oxygens (including phenoxy) is 1. The van der Waals surface area contributed by atoms with Gasteiger partial charge < -0.3 is 20.3 Å². The van der Waals surface area contributed by atoms with E-state index >= 15 is 0 Å². The molecule has 0 radical (unpaired) electrons. The molecule has 3 rings (SSSR count). The minimum Gasteiger partial charge on any atom is -0.378 e. The predicted molar refractivity (Wildman–Crippen MR) is 77.6 cm³/mol. The molecule has 0 bridgehead atoms. The van der Waals surface area contributed by atoms with Crippen LogP contribution in [0.5, 0.6) is 0 Å². The number of anilines is 3. The SMILES string of the molecule is Nc1nc(N2CCOCC2)nc(N2CCCC2)c1[N+](=O)[O-]. The highest BCUT2D eigenvalue weighted by atomic mass is 16.6. The van der Waals surface area contributed by atoms with Crippen molar-refractivity contribution in [1.29, 1.82) is 0 Å². The summed E-state index contributed by atoms with van der Waals surface area (Å²) in [6.45, 7) is 4.05. The van der Waals surface area contributed by atoms with Crippen LogP contribution in [0.25, 0.3) is 0 Å². The summed E-state index contributed by atoms with van der Waals surface area (Å²) < 4.78 is 5.30. The summed E-state index contributed by atoms with van der Waals surface area (Å²) in [6, 6.07) is 0. The van der Waals surface area contributed by atoms with Gasteiger partial charge >= 0.3 is 5.69 Å². The van der Waals surface area contributed by atoms with Gasteiger partial charge in [0.05, 0.1) is 18.1 Å². The van der Waals surface area contributed by atoms with Crippen LogP contribution in [0.15, 0.2) is 0 Å². The zero-order valence-corrected chi connectivity index (χ0v) is 11.7. The number of nitro groups is 1. The van der Waals surface area contributed by atoms with E-state index in [-0.39, 0.29) is 11.5 Å². The van der Waals surface area contributed by atoms with E-state index in [1.165, 1.54) is 0 Å². The maximum Gasteiger partial charge on any atom is 0.353 e. The average Bonchev–Trinajstić information content (AvgIpc) is 3.01. The standard InChI is InChI=1S/C12H18N6O3/c13-10-9(18(19)20)11(16-3-1-2-4-16)15-12(14-10)17-5-7-21-8-6-17/h1-8H2,(H2,13,14,15). The number of nitrogens with two attached hydrogens (primary N) is 1. The van der Waals surface area contributed by atoms with Crippen LogP contribution in [0.2, 0.25) is 0 Å². The van der Waals surface area contributed by atoms with Crippen LogP contribution in [-0.4, -0.2) is 54.3 Å². The molecule has 9 nitrogen and oxygen atoms in total. The van der Waals surface area contributed by atoms with Gasteiger partial charge in [-0.3, -0.25) is 10.1 Å². The van der Waals surface area contributed by atoms with Crippen LogP contribution in [0, 0.1) is 10.1 Å². The molecule has 114 valence electrons. The number of aromatic nitrogens is 2. The fourth-order valence-corrected chi connectivity index (χ4v) is 2.68. The molecule has 0 saturated carbocycles. The van der Waals surface area contributed by atoms with Crippen LogP contribution in [-0.2, 0) is 4.74 Å². The smallest absolute Gasteiger partial charge is 0.353 e. The molecule has 0 spiro atoms. The lowest BCUT2D eigenvalue weighted by molar-refractivity contribution is -0.383. The molecule has 2 fully saturated rings.